The fourth-order valence-corrected chi connectivity index (χ4v) is 8.41. The molecule has 6 fully saturated rings. The summed E-state index contributed by atoms with van der Waals surface area (Å²) in [6.45, 7) is 0. The van der Waals surface area contributed by atoms with E-state index < -0.39 is 0 Å². The molecule has 2 nitrogen and oxygen atoms in total. The summed E-state index contributed by atoms with van der Waals surface area (Å²) in [6, 6.07) is 0.662. The van der Waals surface area contributed by atoms with Gasteiger partial charge in [-0.25, -0.2) is 0 Å². The number of Topliss-reactive ketones (excluding diaryl/α,β-unsaturated/α-hetero) is 1. The summed E-state index contributed by atoms with van der Waals surface area (Å²) in [6.07, 6.45) is 18.7. The van der Waals surface area contributed by atoms with Crippen LogP contribution in [0, 0.1) is 47.3 Å². The molecule has 6 aliphatic carbocycles. The third-order valence-corrected chi connectivity index (χ3v) is 9.69. The van der Waals surface area contributed by atoms with Crippen LogP contribution < -0.4 is 5.32 Å². The highest BCUT2D eigenvalue weighted by Gasteiger charge is 2.48. The van der Waals surface area contributed by atoms with Gasteiger partial charge in [-0.05, 0) is 99.2 Å². The SMILES string of the molecule is O=C(C(=CNC1CC2CCC1C2)C1CC2CCC1C2)C1CC2CCC1C2. The van der Waals surface area contributed by atoms with Crippen LogP contribution in [0.3, 0.4) is 0 Å². The monoisotopic (exact) mass is 353 g/mol. The summed E-state index contributed by atoms with van der Waals surface area (Å²) in [4.78, 5) is 13.7. The van der Waals surface area contributed by atoms with Gasteiger partial charge in [0.25, 0.3) is 0 Å². The van der Waals surface area contributed by atoms with Crippen LogP contribution in [0.25, 0.3) is 0 Å². The molecule has 9 atom stereocenters. The molecular formula is C24H35NO. The van der Waals surface area contributed by atoms with Gasteiger partial charge in [0.2, 0.25) is 0 Å². The number of hydrogen-bond acceptors (Lipinski definition) is 2. The molecular weight excluding hydrogens is 318 g/mol. The van der Waals surface area contributed by atoms with Crippen LogP contribution in [0.2, 0.25) is 0 Å². The highest BCUT2D eigenvalue weighted by atomic mass is 16.1. The minimum Gasteiger partial charge on any atom is -0.388 e. The highest BCUT2D eigenvalue weighted by molar-refractivity contribution is 5.98. The smallest absolute Gasteiger partial charge is 0.163 e. The Balaban J connectivity index is 1.23. The van der Waals surface area contributed by atoms with Crippen molar-refractivity contribution in [2.45, 2.75) is 83.1 Å². The number of carbonyl (C=O) groups excluding carboxylic acids is 1. The van der Waals surface area contributed by atoms with Crippen molar-refractivity contribution in [3.63, 3.8) is 0 Å². The Morgan fingerprint density at radius 3 is 1.73 bits per heavy atom. The number of rotatable bonds is 5. The Labute approximate surface area is 158 Å². The van der Waals surface area contributed by atoms with E-state index in [0.717, 1.165) is 35.5 Å². The molecule has 6 aliphatic rings. The zero-order chi connectivity index (χ0) is 17.3. The average molecular weight is 354 g/mol. The van der Waals surface area contributed by atoms with Crippen LogP contribution in [0.1, 0.15) is 77.0 Å². The summed E-state index contributed by atoms with van der Waals surface area (Å²) >= 11 is 0. The van der Waals surface area contributed by atoms with Crippen LogP contribution in [0.5, 0.6) is 0 Å². The second kappa shape index (κ2) is 6.11. The van der Waals surface area contributed by atoms with E-state index >= 15 is 0 Å². The van der Waals surface area contributed by atoms with E-state index in [1.54, 1.807) is 0 Å². The van der Waals surface area contributed by atoms with Crippen molar-refractivity contribution in [2.75, 3.05) is 0 Å². The normalized spacial score (nSPS) is 51.5. The number of hydrogen-bond donors (Lipinski definition) is 1. The van der Waals surface area contributed by atoms with Crippen LogP contribution in [0.15, 0.2) is 11.8 Å². The number of ketones is 1. The van der Waals surface area contributed by atoms with Gasteiger partial charge >= 0.3 is 0 Å². The van der Waals surface area contributed by atoms with Gasteiger partial charge in [-0.3, -0.25) is 4.79 Å². The average Bonchev–Trinajstić information content (AvgIpc) is 3.49. The number of nitrogens with one attached hydrogen (secondary N) is 1. The maximum absolute atomic E-state index is 13.7. The summed E-state index contributed by atoms with van der Waals surface area (Å²) < 4.78 is 0. The summed E-state index contributed by atoms with van der Waals surface area (Å²) in [5.74, 6) is 6.72. The zero-order valence-electron chi connectivity index (χ0n) is 16.2. The molecule has 0 aromatic rings. The first-order chi connectivity index (χ1) is 12.7. The van der Waals surface area contributed by atoms with Crippen LogP contribution in [-0.2, 0) is 4.79 Å². The Kier molecular flexibility index (Phi) is 3.80. The van der Waals surface area contributed by atoms with Crippen molar-refractivity contribution >= 4 is 5.78 Å². The minimum absolute atomic E-state index is 0.376. The molecule has 0 spiro atoms. The second-order valence-electron chi connectivity index (χ2n) is 11.0. The van der Waals surface area contributed by atoms with Crippen molar-refractivity contribution in [1.29, 1.82) is 0 Å². The minimum atomic E-state index is 0.376. The molecule has 26 heavy (non-hydrogen) atoms. The molecule has 6 rings (SSSR count). The molecule has 0 amide bonds. The molecule has 1 N–H and O–H groups in total. The number of carbonyl (C=O) groups is 1. The van der Waals surface area contributed by atoms with Crippen LogP contribution in [-0.4, -0.2) is 11.8 Å². The molecule has 0 heterocycles. The summed E-state index contributed by atoms with van der Waals surface area (Å²) in [5.41, 5.74) is 1.25. The lowest BCUT2D eigenvalue weighted by Gasteiger charge is -2.30. The Hall–Kier alpha value is -0.790. The van der Waals surface area contributed by atoms with Crippen molar-refractivity contribution in [2.24, 2.45) is 47.3 Å². The fourth-order valence-electron chi connectivity index (χ4n) is 8.41. The van der Waals surface area contributed by atoms with Gasteiger partial charge in [-0.2, -0.15) is 0 Å². The van der Waals surface area contributed by atoms with E-state index in [0.29, 0.717) is 23.7 Å². The Morgan fingerprint density at radius 1 is 0.654 bits per heavy atom. The molecule has 142 valence electrons. The molecule has 0 aromatic carbocycles. The number of allylic oxidation sites excluding steroid dienone is 1. The Morgan fingerprint density at radius 2 is 1.23 bits per heavy atom. The predicted octanol–water partition coefficient (Wildman–Crippen LogP) is 5.09. The van der Waals surface area contributed by atoms with E-state index in [-0.39, 0.29) is 0 Å². The van der Waals surface area contributed by atoms with Gasteiger partial charge < -0.3 is 5.32 Å². The van der Waals surface area contributed by atoms with Gasteiger partial charge in [0.1, 0.15) is 0 Å². The van der Waals surface area contributed by atoms with E-state index in [4.69, 9.17) is 0 Å². The lowest BCUT2D eigenvalue weighted by atomic mass is 9.75. The van der Waals surface area contributed by atoms with E-state index in [2.05, 4.69) is 11.5 Å². The van der Waals surface area contributed by atoms with Crippen LogP contribution >= 0.6 is 0 Å². The molecule has 0 aromatic heterocycles. The van der Waals surface area contributed by atoms with Gasteiger partial charge in [-0.1, -0.05) is 19.3 Å². The Bertz CT molecular complexity index is 624. The molecule has 9 unspecified atom stereocenters. The van der Waals surface area contributed by atoms with Gasteiger partial charge in [0, 0.05) is 23.7 Å². The molecule has 0 aliphatic heterocycles. The standard InChI is InChI=1S/C24H35NO/c26-24(21-11-15-2-5-18(21)8-15)22(20-10-14-1-4-17(20)7-14)13-25-23-12-16-3-6-19(23)9-16/h13-21,23,25H,1-12H2. The predicted molar refractivity (Wildman–Crippen MR) is 103 cm³/mol. The summed E-state index contributed by atoms with van der Waals surface area (Å²) in [7, 11) is 0. The van der Waals surface area contributed by atoms with Crippen molar-refractivity contribution in [3.8, 4) is 0 Å². The van der Waals surface area contributed by atoms with Gasteiger partial charge in [0.15, 0.2) is 5.78 Å². The number of fused-ring (bicyclic) bond motifs is 6. The molecule has 6 bridgehead atoms. The first-order valence-corrected chi connectivity index (χ1v) is 11.7. The largest absolute Gasteiger partial charge is 0.388 e. The molecule has 6 saturated carbocycles. The first kappa shape index (κ1) is 16.2. The fraction of sp³-hybridized carbons (Fsp3) is 0.875. The molecule has 0 radical (unpaired) electrons. The first-order valence-electron chi connectivity index (χ1n) is 11.7. The molecule has 2 heteroatoms. The van der Waals surface area contributed by atoms with Gasteiger partial charge in [-0.15, -0.1) is 0 Å². The third kappa shape index (κ3) is 2.53. The van der Waals surface area contributed by atoms with Crippen molar-refractivity contribution in [1.82, 2.24) is 5.32 Å². The van der Waals surface area contributed by atoms with Crippen molar-refractivity contribution < 1.29 is 4.79 Å². The second-order valence-corrected chi connectivity index (χ2v) is 11.0. The molecule has 0 saturated heterocycles. The topological polar surface area (TPSA) is 29.1 Å². The van der Waals surface area contributed by atoms with Crippen molar-refractivity contribution in [3.05, 3.63) is 11.8 Å². The summed E-state index contributed by atoms with van der Waals surface area (Å²) in [5, 5.41) is 3.82. The van der Waals surface area contributed by atoms with E-state index in [1.807, 2.05) is 0 Å². The van der Waals surface area contributed by atoms with E-state index in [9.17, 15) is 4.79 Å². The quantitative estimate of drug-likeness (QED) is 0.698. The third-order valence-electron chi connectivity index (χ3n) is 9.69. The maximum Gasteiger partial charge on any atom is 0.163 e. The van der Waals surface area contributed by atoms with Crippen LogP contribution in [0.4, 0.5) is 0 Å². The lowest BCUT2D eigenvalue weighted by molar-refractivity contribution is -0.121. The maximum atomic E-state index is 13.7. The highest BCUT2D eigenvalue weighted by Crippen LogP contribution is 2.54. The van der Waals surface area contributed by atoms with Gasteiger partial charge in [0.05, 0.1) is 0 Å². The zero-order valence-corrected chi connectivity index (χ0v) is 16.2. The van der Waals surface area contributed by atoms with E-state index in [1.165, 1.54) is 82.6 Å². The lowest BCUT2D eigenvalue weighted by Crippen LogP contribution is -2.33.